The number of aliphatic hydroxyl groups is 8. The number of ether oxygens (including phenoxy) is 6. The SMILES string of the molecule is C[C@@H]1O[C@@H](OC[C@H]2O[C@@H](Oc3c(-c4ccc(O)c(O)c4)oc4cc(O)cc(O)c4c3=O)[C@H](O[C@@H]3OC[C@@H](O)[C@H](O)[C@H]3O)[C@@H](O)[C@H]2O)[C@H](O)[C@H](O)[C@H]1O. The van der Waals surface area contributed by atoms with Crippen LogP contribution in [0.5, 0.6) is 28.7 Å². The molecule has 52 heavy (non-hydrogen) atoms. The Morgan fingerprint density at radius 2 is 1.44 bits per heavy atom. The molecule has 3 aromatic rings. The van der Waals surface area contributed by atoms with Gasteiger partial charge in [-0.25, -0.2) is 0 Å². The summed E-state index contributed by atoms with van der Waals surface area (Å²) in [6.07, 6.45) is -23.9. The topological polar surface area (TPSA) is 328 Å². The summed E-state index contributed by atoms with van der Waals surface area (Å²) >= 11 is 0. The number of benzene rings is 2. The third-order valence-electron chi connectivity index (χ3n) is 9.01. The molecule has 6 rings (SSSR count). The van der Waals surface area contributed by atoms with Crippen molar-refractivity contribution in [1.29, 1.82) is 0 Å². The van der Waals surface area contributed by atoms with Gasteiger partial charge in [0.15, 0.2) is 35.9 Å². The normalized spacial score (nSPS) is 36.9. The second-order valence-corrected chi connectivity index (χ2v) is 12.6. The summed E-state index contributed by atoms with van der Waals surface area (Å²) in [5.41, 5.74) is -1.54. The lowest BCUT2D eigenvalue weighted by Gasteiger charge is -2.45. The largest absolute Gasteiger partial charge is 0.508 e. The fourth-order valence-corrected chi connectivity index (χ4v) is 6.02. The molecule has 20 heteroatoms. The molecule has 0 saturated carbocycles. The van der Waals surface area contributed by atoms with Gasteiger partial charge in [-0.15, -0.1) is 0 Å². The molecule has 4 heterocycles. The lowest BCUT2D eigenvalue weighted by molar-refractivity contribution is -0.352. The third-order valence-corrected chi connectivity index (χ3v) is 9.01. The highest BCUT2D eigenvalue weighted by Gasteiger charge is 2.51. The Bertz CT molecular complexity index is 1800. The molecular weight excluding hydrogens is 704 g/mol. The first kappa shape index (κ1) is 37.9. The molecule has 0 unspecified atom stereocenters. The van der Waals surface area contributed by atoms with E-state index in [1.807, 2.05) is 0 Å². The Labute approximate surface area is 292 Å². The predicted octanol–water partition coefficient (Wildman–Crippen LogP) is -3.22. The van der Waals surface area contributed by atoms with Gasteiger partial charge >= 0.3 is 0 Å². The summed E-state index contributed by atoms with van der Waals surface area (Å²) in [4.78, 5) is 14.0. The Balaban J connectivity index is 1.39. The van der Waals surface area contributed by atoms with E-state index in [-0.39, 0.29) is 11.1 Å². The van der Waals surface area contributed by atoms with E-state index in [0.29, 0.717) is 0 Å². The molecular formula is C32H38O20. The summed E-state index contributed by atoms with van der Waals surface area (Å²) in [5.74, 6) is -3.67. The van der Waals surface area contributed by atoms with Crippen LogP contribution in [0.1, 0.15) is 6.92 Å². The van der Waals surface area contributed by atoms with Crippen molar-refractivity contribution in [1.82, 2.24) is 0 Å². The first-order valence-electron chi connectivity index (χ1n) is 15.9. The third kappa shape index (κ3) is 7.09. The number of rotatable bonds is 8. The smallest absolute Gasteiger partial charge is 0.239 e. The van der Waals surface area contributed by atoms with Crippen molar-refractivity contribution in [2.45, 2.75) is 92.9 Å². The Kier molecular flexibility index (Phi) is 10.8. The summed E-state index contributed by atoms with van der Waals surface area (Å²) in [6, 6.07) is 5.09. The molecule has 20 nitrogen and oxygen atoms in total. The van der Waals surface area contributed by atoms with E-state index in [0.717, 1.165) is 24.3 Å². The van der Waals surface area contributed by atoms with Crippen molar-refractivity contribution in [3.05, 3.63) is 40.6 Å². The second-order valence-electron chi connectivity index (χ2n) is 12.6. The number of phenolic OH excluding ortho intramolecular Hbond substituents is 4. The average molecular weight is 743 g/mol. The van der Waals surface area contributed by atoms with Crippen LogP contribution in [0.3, 0.4) is 0 Å². The first-order chi connectivity index (χ1) is 24.6. The minimum Gasteiger partial charge on any atom is -0.508 e. The number of aliphatic hydroxyl groups excluding tert-OH is 8. The quantitative estimate of drug-likeness (QED) is 0.101. The highest BCUT2D eigenvalue weighted by Crippen LogP contribution is 2.40. The van der Waals surface area contributed by atoms with Gasteiger partial charge in [0.05, 0.1) is 19.3 Å². The zero-order chi connectivity index (χ0) is 37.8. The molecule has 12 N–H and O–H groups in total. The van der Waals surface area contributed by atoms with Crippen LogP contribution in [-0.2, 0) is 23.7 Å². The van der Waals surface area contributed by atoms with Gasteiger partial charge in [0.2, 0.25) is 17.5 Å². The van der Waals surface area contributed by atoms with Crippen LogP contribution in [-0.4, -0.2) is 161 Å². The van der Waals surface area contributed by atoms with Crippen LogP contribution in [0.4, 0.5) is 0 Å². The van der Waals surface area contributed by atoms with Crippen molar-refractivity contribution < 1.29 is 94.1 Å². The molecule has 3 aliphatic heterocycles. The molecule has 1 aromatic heterocycles. The standard InChI is InChI=1S/C32H38O20/c1-9-19(38)23(42)26(45)30(48-9)47-8-17-21(40)24(43)29(52-31-25(44)20(39)15(37)7-46-31)32(50-17)51-28-22(41)18-14(36)5-11(33)6-16(18)49-27(28)10-2-3-12(34)13(35)4-10/h2-6,9,15,17,19-21,23-26,29-40,42-45H,7-8H2,1H3/t9-,15+,17+,19-,20-,21-,23+,24-,25+,26+,29+,30+,31-,32-/m0/s1. The molecule has 14 atom stereocenters. The predicted molar refractivity (Wildman–Crippen MR) is 167 cm³/mol. The monoisotopic (exact) mass is 742 g/mol. The zero-order valence-corrected chi connectivity index (χ0v) is 27.0. The van der Waals surface area contributed by atoms with Gasteiger partial charge in [0.1, 0.15) is 77.4 Å². The second kappa shape index (κ2) is 14.9. The van der Waals surface area contributed by atoms with Gasteiger partial charge in [0.25, 0.3) is 0 Å². The van der Waals surface area contributed by atoms with E-state index in [2.05, 4.69) is 0 Å². The van der Waals surface area contributed by atoms with E-state index in [1.54, 1.807) is 0 Å². The van der Waals surface area contributed by atoms with E-state index in [1.165, 1.54) is 13.0 Å². The van der Waals surface area contributed by atoms with Crippen molar-refractivity contribution in [3.8, 4) is 40.1 Å². The molecule has 0 amide bonds. The fourth-order valence-electron chi connectivity index (χ4n) is 6.02. The van der Waals surface area contributed by atoms with Gasteiger partial charge in [-0.3, -0.25) is 4.79 Å². The minimum atomic E-state index is -2.03. The van der Waals surface area contributed by atoms with Gasteiger partial charge in [-0.2, -0.15) is 0 Å². The molecule has 3 saturated heterocycles. The van der Waals surface area contributed by atoms with Crippen molar-refractivity contribution in [3.63, 3.8) is 0 Å². The fraction of sp³-hybridized carbons (Fsp3) is 0.531. The van der Waals surface area contributed by atoms with Crippen LogP contribution in [0.25, 0.3) is 22.3 Å². The van der Waals surface area contributed by atoms with Crippen molar-refractivity contribution in [2.24, 2.45) is 0 Å². The van der Waals surface area contributed by atoms with Gasteiger partial charge in [-0.05, 0) is 25.1 Å². The lowest BCUT2D eigenvalue weighted by atomic mass is 9.98. The number of aromatic hydroxyl groups is 4. The Morgan fingerprint density at radius 3 is 2.15 bits per heavy atom. The average Bonchev–Trinajstić information content (AvgIpc) is 3.10. The van der Waals surface area contributed by atoms with Crippen LogP contribution in [0.2, 0.25) is 0 Å². The van der Waals surface area contributed by atoms with Crippen LogP contribution in [0, 0.1) is 0 Å². The molecule has 0 spiro atoms. The molecule has 286 valence electrons. The highest BCUT2D eigenvalue weighted by molar-refractivity contribution is 5.88. The maximum Gasteiger partial charge on any atom is 0.239 e. The van der Waals surface area contributed by atoms with Gasteiger partial charge in [0, 0.05) is 17.7 Å². The molecule has 0 radical (unpaired) electrons. The van der Waals surface area contributed by atoms with E-state index in [9.17, 15) is 66.1 Å². The number of hydrogen-bond acceptors (Lipinski definition) is 20. The molecule has 2 aromatic carbocycles. The first-order valence-corrected chi connectivity index (χ1v) is 15.9. The van der Waals surface area contributed by atoms with Crippen LogP contribution < -0.4 is 10.2 Å². The van der Waals surface area contributed by atoms with E-state index < -0.39 is 145 Å². The molecule has 0 aliphatic carbocycles. The Hall–Kier alpha value is -3.87. The lowest BCUT2D eigenvalue weighted by Crippen LogP contribution is -2.64. The number of fused-ring (bicyclic) bond motifs is 1. The van der Waals surface area contributed by atoms with E-state index in [4.69, 9.17) is 32.8 Å². The van der Waals surface area contributed by atoms with Crippen LogP contribution >= 0.6 is 0 Å². The minimum absolute atomic E-state index is 0.0951. The Morgan fingerprint density at radius 1 is 0.731 bits per heavy atom. The van der Waals surface area contributed by atoms with E-state index >= 15 is 0 Å². The summed E-state index contributed by atoms with van der Waals surface area (Å²) in [7, 11) is 0. The maximum absolute atomic E-state index is 14.0. The number of phenols is 4. The van der Waals surface area contributed by atoms with Gasteiger partial charge in [-0.1, -0.05) is 0 Å². The molecule has 3 aliphatic rings. The highest BCUT2D eigenvalue weighted by atomic mass is 16.8. The van der Waals surface area contributed by atoms with Crippen molar-refractivity contribution in [2.75, 3.05) is 13.2 Å². The maximum atomic E-state index is 14.0. The summed E-state index contributed by atoms with van der Waals surface area (Å²) in [5, 5.41) is 124. The number of hydrogen-bond donors (Lipinski definition) is 12. The zero-order valence-electron chi connectivity index (χ0n) is 27.0. The molecule has 3 fully saturated rings. The molecule has 0 bridgehead atoms. The summed E-state index contributed by atoms with van der Waals surface area (Å²) < 4.78 is 39.7. The van der Waals surface area contributed by atoms with Crippen LogP contribution in [0.15, 0.2) is 39.5 Å². The van der Waals surface area contributed by atoms with Crippen molar-refractivity contribution >= 4 is 11.0 Å². The van der Waals surface area contributed by atoms with Gasteiger partial charge < -0.3 is 94.1 Å². The summed E-state index contributed by atoms with van der Waals surface area (Å²) in [6.45, 7) is 0.171.